The molecule has 3 rings (SSSR count). The minimum absolute atomic E-state index is 0.0503. The second-order valence-electron chi connectivity index (χ2n) is 5.85. The van der Waals surface area contributed by atoms with E-state index in [1.807, 2.05) is 23.1 Å². The van der Waals surface area contributed by atoms with Gasteiger partial charge < -0.3 is 9.64 Å². The van der Waals surface area contributed by atoms with Crippen LogP contribution in [0.2, 0.25) is 0 Å². The maximum Gasteiger partial charge on any atom is 0.274 e. The van der Waals surface area contributed by atoms with Gasteiger partial charge in [0.25, 0.3) is 5.91 Å². The zero-order chi connectivity index (χ0) is 16.1. The van der Waals surface area contributed by atoms with Crippen molar-refractivity contribution in [2.45, 2.75) is 18.9 Å². The van der Waals surface area contributed by atoms with Gasteiger partial charge in [0, 0.05) is 38.5 Å². The Hall–Kier alpha value is -2.27. The predicted molar refractivity (Wildman–Crippen MR) is 87.0 cm³/mol. The largest absolute Gasteiger partial charge is 0.381 e. The number of piperidine rings is 1. The fourth-order valence-electron chi connectivity index (χ4n) is 3.19. The van der Waals surface area contributed by atoms with Gasteiger partial charge in [0.15, 0.2) is 0 Å². The highest BCUT2D eigenvalue weighted by Gasteiger charge is 2.32. The summed E-state index contributed by atoms with van der Waals surface area (Å²) in [4.78, 5) is 22.5. The number of aromatic nitrogens is 2. The second-order valence-corrected chi connectivity index (χ2v) is 5.85. The van der Waals surface area contributed by atoms with Gasteiger partial charge in [-0.2, -0.15) is 0 Å². The highest BCUT2D eigenvalue weighted by Crippen LogP contribution is 2.24. The molecule has 1 aliphatic heterocycles. The number of likely N-dealkylation sites (tertiary alicyclic amines) is 1. The number of methoxy groups -OCH3 is 1. The Morgan fingerprint density at radius 1 is 1.30 bits per heavy atom. The molecule has 0 spiro atoms. The molecule has 1 aromatic carbocycles. The Morgan fingerprint density at radius 3 is 2.83 bits per heavy atom. The van der Waals surface area contributed by atoms with Crippen molar-refractivity contribution < 1.29 is 9.53 Å². The number of hydrogen-bond acceptors (Lipinski definition) is 4. The maximum absolute atomic E-state index is 12.6. The summed E-state index contributed by atoms with van der Waals surface area (Å²) in [5.74, 6) is 0.238. The lowest BCUT2D eigenvalue weighted by molar-refractivity contribution is -0.00318. The predicted octanol–water partition coefficient (Wildman–Crippen LogP) is 2.20. The van der Waals surface area contributed by atoms with E-state index in [9.17, 15) is 4.79 Å². The Bertz CT molecular complexity index is 633. The maximum atomic E-state index is 12.6. The molecular formula is C18H21N3O2. The van der Waals surface area contributed by atoms with E-state index in [0.717, 1.165) is 12.8 Å². The number of nitrogens with zero attached hydrogens (tertiary/aromatic N) is 3. The van der Waals surface area contributed by atoms with Crippen LogP contribution in [0.25, 0.3) is 0 Å². The average Bonchev–Trinajstić information content (AvgIpc) is 2.62. The summed E-state index contributed by atoms with van der Waals surface area (Å²) in [5.41, 5.74) is 1.68. The van der Waals surface area contributed by atoms with Crippen molar-refractivity contribution in [3.8, 4) is 0 Å². The zero-order valence-electron chi connectivity index (χ0n) is 13.3. The number of ether oxygens (including phenoxy) is 1. The molecule has 0 N–H and O–H groups in total. The molecule has 2 heterocycles. The van der Waals surface area contributed by atoms with Crippen LogP contribution in [0.15, 0.2) is 48.9 Å². The van der Waals surface area contributed by atoms with E-state index in [0.29, 0.717) is 18.8 Å². The van der Waals surface area contributed by atoms with E-state index < -0.39 is 0 Å². The van der Waals surface area contributed by atoms with Crippen molar-refractivity contribution in [1.82, 2.24) is 14.9 Å². The smallest absolute Gasteiger partial charge is 0.274 e. The van der Waals surface area contributed by atoms with Crippen molar-refractivity contribution in [1.29, 1.82) is 0 Å². The summed E-state index contributed by atoms with van der Waals surface area (Å²) < 4.78 is 5.64. The van der Waals surface area contributed by atoms with Gasteiger partial charge in [-0.25, -0.2) is 4.98 Å². The fraction of sp³-hybridized carbons (Fsp3) is 0.389. The van der Waals surface area contributed by atoms with E-state index in [-0.39, 0.29) is 17.9 Å². The first-order valence-electron chi connectivity index (χ1n) is 7.90. The van der Waals surface area contributed by atoms with Crippen LogP contribution in [0.4, 0.5) is 0 Å². The summed E-state index contributed by atoms with van der Waals surface area (Å²) in [7, 11) is 1.75. The zero-order valence-corrected chi connectivity index (χ0v) is 13.3. The third-order valence-electron chi connectivity index (χ3n) is 4.38. The first-order valence-corrected chi connectivity index (χ1v) is 7.90. The number of carbonyl (C=O) groups is 1. The molecule has 2 atom stereocenters. The molecule has 0 bridgehead atoms. The Kier molecular flexibility index (Phi) is 4.98. The van der Waals surface area contributed by atoms with E-state index in [1.165, 1.54) is 11.8 Å². The van der Waals surface area contributed by atoms with Crippen LogP contribution in [0, 0.1) is 5.92 Å². The molecule has 0 saturated carbocycles. The van der Waals surface area contributed by atoms with E-state index in [1.54, 1.807) is 19.5 Å². The first kappa shape index (κ1) is 15.6. The lowest BCUT2D eigenvalue weighted by Crippen LogP contribution is -2.47. The SMILES string of the molecule is CO[C@@H]1CCN(C(=O)c2cnccn2)C[C@@H]1Cc1ccccc1. The second kappa shape index (κ2) is 7.33. The topological polar surface area (TPSA) is 55.3 Å². The first-order chi connectivity index (χ1) is 11.3. The van der Waals surface area contributed by atoms with Gasteiger partial charge in [-0.05, 0) is 18.4 Å². The van der Waals surface area contributed by atoms with Crippen LogP contribution in [0.1, 0.15) is 22.5 Å². The molecule has 2 aromatic rings. The molecule has 1 amide bonds. The summed E-state index contributed by atoms with van der Waals surface area (Å²) in [5, 5.41) is 0. The van der Waals surface area contributed by atoms with Crippen LogP contribution in [0.5, 0.6) is 0 Å². The van der Waals surface area contributed by atoms with Crippen molar-refractivity contribution in [3.05, 3.63) is 60.2 Å². The number of rotatable bonds is 4. The van der Waals surface area contributed by atoms with Gasteiger partial charge >= 0.3 is 0 Å². The standard InChI is InChI=1S/C18H21N3O2/c1-23-17-7-10-21(18(22)16-12-19-8-9-20-16)13-15(17)11-14-5-3-2-4-6-14/h2-6,8-9,12,15,17H,7,10-11,13H2,1H3/t15-,17+/m0/s1. The van der Waals surface area contributed by atoms with Crippen molar-refractivity contribution in [3.63, 3.8) is 0 Å². The molecular weight excluding hydrogens is 290 g/mol. The Labute approximate surface area is 136 Å². The highest BCUT2D eigenvalue weighted by atomic mass is 16.5. The molecule has 5 heteroatoms. The lowest BCUT2D eigenvalue weighted by atomic mass is 9.88. The number of benzene rings is 1. The summed E-state index contributed by atoms with van der Waals surface area (Å²) >= 11 is 0. The van der Waals surface area contributed by atoms with Crippen LogP contribution in [0.3, 0.4) is 0 Å². The number of carbonyl (C=O) groups excluding carboxylic acids is 1. The molecule has 1 saturated heterocycles. The molecule has 0 aliphatic carbocycles. The molecule has 120 valence electrons. The van der Waals surface area contributed by atoms with Gasteiger partial charge in [-0.15, -0.1) is 0 Å². The van der Waals surface area contributed by atoms with E-state index >= 15 is 0 Å². The molecule has 0 radical (unpaired) electrons. The number of amides is 1. The average molecular weight is 311 g/mol. The quantitative estimate of drug-likeness (QED) is 0.868. The van der Waals surface area contributed by atoms with Crippen LogP contribution >= 0.6 is 0 Å². The summed E-state index contributed by atoms with van der Waals surface area (Å²) in [6.45, 7) is 1.38. The van der Waals surface area contributed by atoms with Gasteiger partial charge in [-0.3, -0.25) is 9.78 Å². The van der Waals surface area contributed by atoms with Gasteiger partial charge in [-0.1, -0.05) is 30.3 Å². The Morgan fingerprint density at radius 2 is 2.13 bits per heavy atom. The lowest BCUT2D eigenvalue weighted by Gasteiger charge is -2.37. The van der Waals surface area contributed by atoms with Crippen molar-refractivity contribution in [2.75, 3.05) is 20.2 Å². The molecule has 1 fully saturated rings. The summed E-state index contributed by atoms with van der Waals surface area (Å²) in [6.07, 6.45) is 6.59. The van der Waals surface area contributed by atoms with Gasteiger partial charge in [0.2, 0.25) is 0 Å². The summed E-state index contributed by atoms with van der Waals surface area (Å²) in [6, 6.07) is 10.3. The van der Waals surface area contributed by atoms with Crippen LogP contribution < -0.4 is 0 Å². The fourth-order valence-corrected chi connectivity index (χ4v) is 3.19. The molecule has 1 aromatic heterocycles. The van der Waals surface area contributed by atoms with Crippen LogP contribution in [-0.2, 0) is 11.2 Å². The molecule has 0 unspecified atom stereocenters. The van der Waals surface area contributed by atoms with Crippen LogP contribution in [-0.4, -0.2) is 47.1 Å². The highest BCUT2D eigenvalue weighted by molar-refractivity contribution is 5.92. The third-order valence-corrected chi connectivity index (χ3v) is 4.38. The van der Waals surface area contributed by atoms with E-state index in [2.05, 4.69) is 22.1 Å². The van der Waals surface area contributed by atoms with Crippen molar-refractivity contribution >= 4 is 5.91 Å². The van der Waals surface area contributed by atoms with Gasteiger partial charge in [0.1, 0.15) is 5.69 Å². The minimum Gasteiger partial charge on any atom is -0.381 e. The minimum atomic E-state index is -0.0503. The molecule has 23 heavy (non-hydrogen) atoms. The van der Waals surface area contributed by atoms with Gasteiger partial charge in [0.05, 0.1) is 12.3 Å². The normalized spacial score (nSPS) is 21.2. The molecule has 5 nitrogen and oxygen atoms in total. The van der Waals surface area contributed by atoms with E-state index in [4.69, 9.17) is 4.74 Å². The molecule has 1 aliphatic rings. The number of hydrogen-bond donors (Lipinski definition) is 0. The monoisotopic (exact) mass is 311 g/mol. The Balaban J connectivity index is 1.72. The van der Waals surface area contributed by atoms with Crippen molar-refractivity contribution in [2.24, 2.45) is 5.92 Å². The third kappa shape index (κ3) is 3.74.